The van der Waals surface area contributed by atoms with Crippen LogP contribution < -0.4 is 0 Å². The number of hydrogen-bond acceptors (Lipinski definition) is 2. The van der Waals surface area contributed by atoms with Crippen LogP contribution in [0.3, 0.4) is 0 Å². The van der Waals surface area contributed by atoms with Gasteiger partial charge in [0.15, 0.2) is 0 Å². The highest BCUT2D eigenvalue weighted by Crippen LogP contribution is 2.42. The average molecular weight is 308 g/mol. The summed E-state index contributed by atoms with van der Waals surface area (Å²) in [5.41, 5.74) is 2.63. The second-order valence-corrected chi connectivity index (χ2v) is 7.01. The summed E-state index contributed by atoms with van der Waals surface area (Å²) in [6.07, 6.45) is 2.12. The number of fused-ring (bicyclic) bond motifs is 2. The van der Waals surface area contributed by atoms with Crippen molar-refractivity contribution in [2.75, 3.05) is 0 Å². The molecule has 0 saturated heterocycles. The normalized spacial score (nSPS) is 16.2. The monoisotopic (exact) mass is 308 g/mol. The van der Waals surface area contributed by atoms with Gasteiger partial charge in [-0.1, -0.05) is 55.1 Å². The first-order valence-electron chi connectivity index (χ1n) is 8.12. The van der Waals surface area contributed by atoms with Crippen molar-refractivity contribution in [3.63, 3.8) is 0 Å². The summed E-state index contributed by atoms with van der Waals surface area (Å²) in [4.78, 5) is 0. The van der Waals surface area contributed by atoms with Crippen molar-refractivity contribution in [3.05, 3.63) is 82.9 Å². The largest absolute Gasteiger partial charge is 0.386 e. The first-order chi connectivity index (χ1) is 10.8. The number of aryl methyl sites for hydroxylation is 2. The summed E-state index contributed by atoms with van der Waals surface area (Å²) in [7, 11) is 0. The first kappa shape index (κ1) is 16.0. The van der Waals surface area contributed by atoms with Crippen molar-refractivity contribution < 1.29 is 10.2 Å². The summed E-state index contributed by atoms with van der Waals surface area (Å²) < 4.78 is 0. The third-order valence-corrected chi connectivity index (χ3v) is 4.92. The Kier molecular flexibility index (Phi) is 3.91. The van der Waals surface area contributed by atoms with E-state index in [9.17, 15) is 10.2 Å². The van der Waals surface area contributed by atoms with Crippen LogP contribution in [0.2, 0.25) is 0 Å². The minimum atomic E-state index is -1.15. The van der Waals surface area contributed by atoms with Gasteiger partial charge in [0, 0.05) is 6.42 Å². The quantitative estimate of drug-likeness (QED) is 0.848. The molecule has 2 aromatic rings. The molecule has 2 aromatic carbocycles. The van der Waals surface area contributed by atoms with Crippen LogP contribution in [0.4, 0.5) is 0 Å². The molecule has 0 aliphatic heterocycles. The van der Waals surface area contributed by atoms with Crippen molar-refractivity contribution in [2.24, 2.45) is 0 Å². The van der Waals surface area contributed by atoms with Gasteiger partial charge in [-0.2, -0.15) is 0 Å². The molecular weight excluding hydrogens is 284 g/mol. The molecule has 0 amide bonds. The first-order valence-corrected chi connectivity index (χ1v) is 8.12. The van der Waals surface area contributed by atoms with Crippen LogP contribution >= 0.6 is 0 Å². The van der Waals surface area contributed by atoms with E-state index in [1.54, 1.807) is 13.8 Å². The average Bonchev–Trinajstić information content (AvgIpc) is 2.63. The molecule has 2 nitrogen and oxygen atoms in total. The Labute approximate surface area is 138 Å². The molecule has 0 fully saturated rings. The number of rotatable bonds is 3. The second kappa shape index (κ2) is 5.63. The number of hydrogen-bond donors (Lipinski definition) is 2. The zero-order valence-electron chi connectivity index (χ0n) is 13.8. The Morgan fingerprint density at radius 2 is 1.43 bits per heavy atom. The summed E-state index contributed by atoms with van der Waals surface area (Å²) in [6.45, 7) is 7.46. The Morgan fingerprint density at radius 3 is 1.87 bits per heavy atom. The van der Waals surface area contributed by atoms with Crippen LogP contribution in [-0.4, -0.2) is 15.8 Å². The zero-order chi connectivity index (χ0) is 16.7. The maximum Gasteiger partial charge on any atom is 0.119 e. The van der Waals surface area contributed by atoms with Crippen LogP contribution in [0.25, 0.3) is 0 Å². The van der Waals surface area contributed by atoms with E-state index in [0.717, 1.165) is 35.1 Å². The maximum atomic E-state index is 11.7. The van der Waals surface area contributed by atoms with Crippen molar-refractivity contribution in [2.45, 2.75) is 44.3 Å². The Morgan fingerprint density at radius 1 is 1.00 bits per heavy atom. The fourth-order valence-electron chi connectivity index (χ4n) is 3.41. The van der Waals surface area contributed by atoms with E-state index in [4.69, 9.17) is 0 Å². The van der Waals surface area contributed by atoms with Gasteiger partial charge in [0.1, 0.15) is 5.60 Å². The SMILES string of the molecule is C=C(CC1(O)c2ccccc2CCc2ccccc21)C(C)(C)O. The lowest BCUT2D eigenvalue weighted by Crippen LogP contribution is -2.33. The second-order valence-electron chi connectivity index (χ2n) is 7.01. The maximum absolute atomic E-state index is 11.7. The Bertz CT molecular complexity index is 690. The molecule has 120 valence electrons. The van der Waals surface area contributed by atoms with Gasteiger partial charge in [0.05, 0.1) is 5.60 Å². The fraction of sp³-hybridized carbons (Fsp3) is 0.333. The molecule has 1 aliphatic carbocycles. The summed E-state index contributed by atoms with van der Waals surface area (Å²) in [5.74, 6) is 0. The predicted octanol–water partition coefficient (Wildman–Crippen LogP) is 3.74. The molecule has 0 spiro atoms. The predicted molar refractivity (Wildman–Crippen MR) is 93.3 cm³/mol. The van der Waals surface area contributed by atoms with Crippen molar-refractivity contribution in [3.8, 4) is 0 Å². The van der Waals surface area contributed by atoms with E-state index in [2.05, 4.69) is 18.7 Å². The van der Waals surface area contributed by atoms with Gasteiger partial charge in [-0.3, -0.25) is 0 Å². The number of aliphatic hydroxyl groups is 2. The topological polar surface area (TPSA) is 40.5 Å². The van der Waals surface area contributed by atoms with Gasteiger partial charge in [-0.05, 0) is 54.5 Å². The highest BCUT2D eigenvalue weighted by Gasteiger charge is 2.39. The van der Waals surface area contributed by atoms with E-state index in [-0.39, 0.29) is 0 Å². The van der Waals surface area contributed by atoms with Gasteiger partial charge in [0.2, 0.25) is 0 Å². The van der Waals surface area contributed by atoms with E-state index in [1.165, 1.54) is 0 Å². The molecule has 0 aromatic heterocycles. The lowest BCUT2D eigenvalue weighted by Gasteiger charge is -2.34. The minimum Gasteiger partial charge on any atom is -0.386 e. The van der Waals surface area contributed by atoms with Crippen LogP contribution in [0.15, 0.2) is 60.7 Å². The standard InChI is InChI=1S/C21H24O2/c1-15(20(2,3)22)14-21(23)18-10-6-4-8-16(18)12-13-17-9-5-7-11-19(17)21/h4-11,22-23H,1,12-14H2,2-3H3. The summed E-state index contributed by atoms with van der Waals surface area (Å²) >= 11 is 0. The fourth-order valence-corrected chi connectivity index (χ4v) is 3.41. The van der Waals surface area contributed by atoms with Crippen LogP contribution in [0.5, 0.6) is 0 Å². The highest BCUT2D eigenvalue weighted by molar-refractivity contribution is 5.48. The number of benzene rings is 2. The molecule has 0 saturated carbocycles. The molecule has 0 radical (unpaired) electrons. The van der Waals surface area contributed by atoms with E-state index in [1.807, 2.05) is 36.4 Å². The van der Waals surface area contributed by atoms with Crippen molar-refractivity contribution in [1.29, 1.82) is 0 Å². The molecular formula is C21H24O2. The molecule has 2 N–H and O–H groups in total. The molecule has 0 bridgehead atoms. The molecule has 0 atom stereocenters. The Balaban J connectivity index is 2.19. The third-order valence-electron chi connectivity index (χ3n) is 4.92. The molecule has 3 rings (SSSR count). The Hall–Kier alpha value is -1.90. The van der Waals surface area contributed by atoms with Crippen molar-refractivity contribution in [1.82, 2.24) is 0 Å². The van der Waals surface area contributed by atoms with Gasteiger partial charge in [0.25, 0.3) is 0 Å². The zero-order valence-corrected chi connectivity index (χ0v) is 13.8. The molecule has 23 heavy (non-hydrogen) atoms. The lowest BCUT2D eigenvalue weighted by atomic mass is 9.76. The van der Waals surface area contributed by atoms with Crippen LogP contribution in [-0.2, 0) is 18.4 Å². The molecule has 2 heteroatoms. The van der Waals surface area contributed by atoms with Crippen LogP contribution in [0.1, 0.15) is 42.5 Å². The van der Waals surface area contributed by atoms with Gasteiger partial charge >= 0.3 is 0 Å². The van der Waals surface area contributed by atoms with E-state index >= 15 is 0 Å². The van der Waals surface area contributed by atoms with Crippen LogP contribution in [0, 0.1) is 0 Å². The molecule has 0 heterocycles. The van der Waals surface area contributed by atoms with Crippen molar-refractivity contribution >= 4 is 0 Å². The van der Waals surface area contributed by atoms with E-state index < -0.39 is 11.2 Å². The summed E-state index contributed by atoms with van der Waals surface area (Å²) in [6, 6.07) is 16.1. The molecule has 0 unspecified atom stereocenters. The smallest absolute Gasteiger partial charge is 0.119 e. The van der Waals surface area contributed by atoms with Gasteiger partial charge in [-0.25, -0.2) is 0 Å². The third kappa shape index (κ3) is 2.85. The molecule has 1 aliphatic rings. The van der Waals surface area contributed by atoms with E-state index in [0.29, 0.717) is 12.0 Å². The highest BCUT2D eigenvalue weighted by atomic mass is 16.3. The minimum absolute atomic E-state index is 0.310. The summed E-state index contributed by atoms with van der Waals surface area (Å²) in [5, 5.41) is 22.0. The van der Waals surface area contributed by atoms with Gasteiger partial charge in [-0.15, -0.1) is 0 Å². The lowest BCUT2D eigenvalue weighted by molar-refractivity contribution is 0.0552. The van der Waals surface area contributed by atoms with Gasteiger partial charge < -0.3 is 10.2 Å².